The summed E-state index contributed by atoms with van der Waals surface area (Å²) in [6, 6.07) is 4.79. The number of carbonyl (C=O) groups is 1. The molecule has 0 atom stereocenters. The highest BCUT2D eigenvalue weighted by Crippen LogP contribution is 2.29. The molecule has 0 fully saturated rings. The zero-order valence-corrected chi connectivity index (χ0v) is 10.2. The molecule has 0 spiro atoms. The fourth-order valence-electron chi connectivity index (χ4n) is 1.42. The maximum Gasteiger partial charge on any atom is 0.416 e. The van der Waals surface area contributed by atoms with Crippen molar-refractivity contribution in [2.24, 2.45) is 0 Å². The van der Waals surface area contributed by atoms with E-state index in [1.165, 1.54) is 23.1 Å². The Morgan fingerprint density at radius 3 is 2.28 bits per heavy atom. The monoisotopic (exact) mass is 257 g/mol. The van der Waals surface area contributed by atoms with Crippen LogP contribution in [0.3, 0.4) is 0 Å². The average molecular weight is 257 g/mol. The maximum atomic E-state index is 12.3. The molecule has 0 unspecified atom stereocenters. The van der Waals surface area contributed by atoms with E-state index in [9.17, 15) is 18.0 Å². The lowest BCUT2D eigenvalue weighted by Crippen LogP contribution is -2.24. The summed E-state index contributed by atoms with van der Waals surface area (Å²) in [7, 11) is 1.60. The van der Waals surface area contributed by atoms with E-state index in [1.807, 2.05) is 0 Å². The van der Waals surface area contributed by atoms with Crippen LogP contribution in [0, 0.1) is 0 Å². The van der Waals surface area contributed by atoms with E-state index in [0.717, 1.165) is 12.1 Å². The van der Waals surface area contributed by atoms with Gasteiger partial charge >= 0.3 is 6.18 Å². The Kier molecular flexibility index (Phi) is 4.53. The molecule has 1 amide bonds. The summed E-state index contributed by atoms with van der Waals surface area (Å²) in [6.07, 6.45) is -1.30. The quantitative estimate of drug-likeness (QED) is 0.761. The van der Waals surface area contributed by atoms with E-state index in [0.29, 0.717) is 5.56 Å². The van der Waals surface area contributed by atoms with Crippen LogP contribution in [-0.4, -0.2) is 17.9 Å². The topological polar surface area (TPSA) is 20.3 Å². The Bertz CT molecular complexity index is 435. The van der Waals surface area contributed by atoms with Crippen molar-refractivity contribution in [3.63, 3.8) is 0 Å². The van der Waals surface area contributed by atoms with Gasteiger partial charge in [-0.2, -0.15) is 13.2 Å². The van der Waals surface area contributed by atoms with Gasteiger partial charge in [0, 0.05) is 13.6 Å². The van der Waals surface area contributed by atoms with Crippen molar-refractivity contribution in [1.82, 2.24) is 4.90 Å². The first kappa shape index (κ1) is 14.3. The molecule has 1 rings (SSSR count). The molecule has 1 aromatic rings. The number of hydrogen-bond donors (Lipinski definition) is 0. The fourth-order valence-corrected chi connectivity index (χ4v) is 1.42. The van der Waals surface area contributed by atoms with Gasteiger partial charge in [-0.3, -0.25) is 4.79 Å². The van der Waals surface area contributed by atoms with Crippen molar-refractivity contribution in [2.75, 3.05) is 7.05 Å². The smallest absolute Gasteiger partial charge is 0.338 e. The van der Waals surface area contributed by atoms with E-state index in [-0.39, 0.29) is 12.5 Å². The summed E-state index contributed by atoms with van der Waals surface area (Å²) in [5.74, 6) is -0.183. The summed E-state index contributed by atoms with van der Waals surface area (Å²) in [5.41, 5.74) is -0.0305. The van der Waals surface area contributed by atoms with E-state index in [4.69, 9.17) is 0 Å². The van der Waals surface area contributed by atoms with Crippen molar-refractivity contribution < 1.29 is 18.0 Å². The highest BCUT2D eigenvalue weighted by molar-refractivity contribution is 5.87. The molecular weight excluding hydrogens is 243 g/mol. The number of halogens is 3. The van der Waals surface area contributed by atoms with Gasteiger partial charge in [0.15, 0.2) is 0 Å². The van der Waals surface area contributed by atoms with Crippen LogP contribution in [-0.2, 0) is 17.5 Å². The molecule has 0 heterocycles. The van der Waals surface area contributed by atoms with Gasteiger partial charge in [0.05, 0.1) is 5.56 Å². The first-order valence-corrected chi connectivity index (χ1v) is 5.38. The number of hydrogen-bond acceptors (Lipinski definition) is 1. The standard InChI is InChI=1S/C13H14F3NO/c1-3-4-12(18)17(2)9-10-5-7-11(8-6-10)13(14,15)16/h3-8H,9H2,1-2H3/b4-3-. The van der Waals surface area contributed by atoms with Crippen LogP contribution < -0.4 is 0 Å². The third-order valence-electron chi connectivity index (χ3n) is 2.39. The molecule has 18 heavy (non-hydrogen) atoms. The van der Waals surface area contributed by atoms with Gasteiger partial charge in [-0.15, -0.1) is 0 Å². The molecule has 2 nitrogen and oxygen atoms in total. The van der Waals surface area contributed by atoms with Gasteiger partial charge in [0.2, 0.25) is 5.91 Å². The first-order valence-electron chi connectivity index (χ1n) is 5.38. The predicted octanol–water partition coefficient (Wildman–Crippen LogP) is 3.24. The lowest BCUT2D eigenvalue weighted by atomic mass is 10.1. The minimum Gasteiger partial charge on any atom is -0.338 e. The summed E-state index contributed by atoms with van der Waals surface area (Å²) in [5, 5.41) is 0. The zero-order chi connectivity index (χ0) is 13.8. The lowest BCUT2D eigenvalue weighted by Gasteiger charge is -2.15. The second-order valence-electron chi connectivity index (χ2n) is 3.89. The highest BCUT2D eigenvalue weighted by Gasteiger charge is 2.29. The van der Waals surface area contributed by atoms with E-state index >= 15 is 0 Å². The largest absolute Gasteiger partial charge is 0.416 e. The van der Waals surface area contributed by atoms with Crippen LogP contribution in [0.15, 0.2) is 36.4 Å². The molecular formula is C13H14F3NO. The number of nitrogens with zero attached hydrogens (tertiary/aromatic N) is 1. The number of likely N-dealkylation sites (N-methyl/N-ethyl adjacent to an activating group) is 1. The van der Waals surface area contributed by atoms with Gasteiger partial charge < -0.3 is 4.90 Å². The minimum atomic E-state index is -4.33. The van der Waals surface area contributed by atoms with E-state index < -0.39 is 11.7 Å². The van der Waals surface area contributed by atoms with Crippen molar-refractivity contribution in [3.8, 4) is 0 Å². The molecule has 0 aromatic heterocycles. The van der Waals surface area contributed by atoms with Crippen LogP contribution >= 0.6 is 0 Å². The molecule has 0 bridgehead atoms. The van der Waals surface area contributed by atoms with Gasteiger partial charge in [-0.25, -0.2) is 0 Å². The summed E-state index contributed by atoms with van der Waals surface area (Å²) < 4.78 is 37.0. The van der Waals surface area contributed by atoms with Crippen LogP contribution in [0.4, 0.5) is 13.2 Å². The van der Waals surface area contributed by atoms with Gasteiger partial charge in [-0.05, 0) is 30.7 Å². The average Bonchev–Trinajstić information content (AvgIpc) is 2.28. The van der Waals surface area contributed by atoms with Crippen molar-refractivity contribution in [3.05, 3.63) is 47.5 Å². The molecule has 1 aromatic carbocycles. The zero-order valence-electron chi connectivity index (χ0n) is 10.2. The Morgan fingerprint density at radius 1 is 1.28 bits per heavy atom. The molecule has 0 aliphatic rings. The number of amides is 1. The maximum absolute atomic E-state index is 12.3. The number of carbonyl (C=O) groups excluding carboxylic acids is 1. The third kappa shape index (κ3) is 3.91. The lowest BCUT2D eigenvalue weighted by molar-refractivity contribution is -0.137. The van der Waals surface area contributed by atoms with Crippen LogP contribution in [0.5, 0.6) is 0 Å². The van der Waals surface area contributed by atoms with Crippen molar-refractivity contribution >= 4 is 5.91 Å². The summed E-state index contributed by atoms with van der Waals surface area (Å²) in [6.45, 7) is 2.01. The summed E-state index contributed by atoms with van der Waals surface area (Å²) in [4.78, 5) is 12.9. The van der Waals surface area contributed by atoms with Gasteiger partial charge in [0.25, 0.3) is 0 Å². The summed E-state index contributed by atoms with van der Waals surface area (Å²) >= 11 is 0. The minimum absolute atomic E-state index is 0.183. The number of benzene rings is 1. The second-order valence-corrected chi connectivity index (χ2v) is 3.89. The highest BCUT2D eigenvalue weighted by atomic mass is 19.4. The molecule has 98 valence electrons. The number of alkyl halides is 3. The molecule has 0 aliphatic carbocycles. The number of rotatable bonds is 3. The molecule has 5 heteroatoms. The second kappa shape index (κ2) is 5.71. The Morgan fingerprint density at radius 2 is 1.83 bits per heavy atom. The van der Waals surface area contributed by atoms with Crippen molar-refractivity contribution in [1.29, 1.82) is 0 Å². The molecule has 0 aliphatic heterocycles. The van der Waals surface area contributed by atoms with Gasteiger partial charge in [-0.1, -0.05) is 18.2 Å². The van der Waals surface area contributed by atoms with Gasteiger partial charge in [0.1, 0.15) is 0 Å². The fraction of sp³-hybridized carbons (Fsp3) is 0.308. The number of allylic oxidation sites excluding steroid dienone is 1. The Hall–Kier alpha value is -1.78. The van der Waals surface area contributed by atoms with Crippen LogP contribution in [0.1, 0.15) is 18.1 Å². The SMILES string of the molecule is C/C=C\C(=O)N(C)Cc1ccc(C(F)(F)F)cc1. The van der Waals surface area contributed by atoms with E-state index in [1.54, 1.807) is 20.0 Å². The molecule has 0 saturated heterocycles. The van der Waals surface area contributed by atoms with Crippen molar-refractivity contribution in [2.45, 2.75) is 19.6 Å². The Balaban J connectivity index is 2.73. The van der Waals surface area contributed by atoms with Crippen LogP contribution in [0.25, 0.3) is 0 Å². The normalized spacial score (nSPS) is 11.8. The predicted molar refractivity (Wildman–Crippen MR) is 62.7 cm³/mol. The molecule has 0 radical (unpaired) electrons. The first-order chi connectivity index (χ1) is 8.34. The Labute approximate surface area is 104 Å². The third-order valence-corrected chi connectivity index (χ3v) is 2.39. The molecule has 0 N–H and O–H groups in total. The van der Waals surface area contributed by atoms with E-state index in [2.05, 4.69) is 0 Å². The molecule has 0 saturated carbocycles. The van der Waals surface area contributed by atoms with Crippen LogP contribution in [0.2, 0.25) is 0 Å².